The fourth-order valence-electron chi connectivity index (χ4n) is 2.24. The molecule has 0 N–H and O–H groups in total. The van der Waals surface area contributed by atoms with Gasteiger partial charge in [0.25, 0.3) is 5.91 Å². The van der Waals surface area contributed by atoms with Crippen molar-refractivity contribution >= 4 is 33.9 Å². The van der Waals surface area contributed by atoms with E-state index in [9.17, 15) is 14.4 Å². The molecule has 0 radical (unpaired) electrons. The molecule has 0 bridgehead atoms. The Morgan fingerprint density at radius 2 is 1.58 bits per heavy atom. The summed E-state index contributed by atoms with van der Waals surface area (Å²) in [6.07, 6.45) is -0.369. The van der Waals surface area contributed by atoms with Crippen LogP contribution in [-0.2, 0) is 14.3 Å². The third-order valence-corrected chi connectivity index (χ3v) is 4.09. The number of carbonyl (C=O) groups is 3. The molecule has 1 saturated heterocycles. The number of nitrogens with zero attached hydrogens (tertiary/aromatic N) is 2. The van der Waals surface area contributed by atoms with E-state index < -0.39 is 5.97 Å². The minimum atomic E-state index is -0.541. The molecule has 130 valence electrons. The van der Waals surface area contributed by atoms with Gasteiger partial charge in [0, 0.05) is 30.7 Å². The second-order valence-electron chi connectivity index (χ2n) is 5.15. The van der Waals surface area contributed by atoms with Gasteiger partial charge in [0.05, 0.1) is 12.2 Å². The van der Waals surface area contributed by atoms with E-state index in [0.717, 1.165) is 4.47 Å². The number of ether oxygens (including phenoxy) is 2. The molecule has 0 atom stereocenters. The standard InChI is InChI=1S/C16H19BrN2O5/c1-2-23-16(22)19-9-7-18(8-10-19)14(20)11-24-15(21)12-3-5-13(17)6-4-12/h3-6H,2,7-11H2,1H3. The monoisotopic (exact) mass is 398 g/mol. The van der Waals surface area contributed by atoms with Gasteiger partial charge in [0.2, 0.25) is 0 Å². The van der Waals surface area contributed by atoms with Crippen molar-refractivity contribution in [2.75, 3.05) is 39.4 Å². The van der Waals surface area contributed by atoms with Crippen molar-refractivity contribution in [2.24, 2.45) is 0 Å². The summed E-state index contributed by atoms with van der Waals surface area (Å²) in [4.78, 5) is 38.7. The second kappa shape index (κ2) is 8.68. The van der Waals surface area contributed by atoms with Crippen LogP contribution in [0.3, 0.4) is 0 Å². The van der Waals surface area contributed by atoms with Crippen LogP contribution in [0.2, 0.25) is 0 Å². The summed E-state index contributed by atoms with van der Waals surface area (Å²) in [5.41, 5.74) is 0.387. The Kier molecular flexibility index (Phi) is 6.60. The Balaban J connectivity index is 1.76. The molecule has 24 heavy (non-hydrogen) atoms. The third kappa shape index (κ3) is 4.95. The highest BCUT2D eigenvalue weighted by Gasteiger charge is 2.25. The highest BCUT2D eigenvalue weighted by molar-refractivity contribution is 9.10. The van der Waals surface area contributed by atoms with Crippen molar-refractivity contribution in [1.82, 2.24) is 9.80 Å². The highest BCUT2D eigenvalue weighted by atomic mass is 79.9. The molecule has 0 spiro atoms. The van der Waals surface area contributed by atoms with E-state index >= 15 is 0 Å². The quantitative estimate of drug-likeness (QED) is 0.723. The predicted octanol–water partition coefficient (Wildman–Crippen LogP) is 1.91. The van der Waals surface area contributed by atoms with E-state index in [-0.39, 0.29) is 18.6 Å². The smallest absolute Gasteiger partial charge is 0.409 e. The molecule has 1 aliphatic rings. The molecule has 0 aromatic heterocycles. The summed E-state index contributed by atoms with van der Waals surface area (Å²) < 4.78 is 10.8. The van der Waals surface area contributed by atoms with Gasteiger partial charge in [-0.25, -0.2) is 9.59 Å². The summed E-state index contributed by atoms with van der Waals surface area (Å²) in [5.74, 6) is -0.815. The molecule has 2 amide bonds. The van der Waals surface area contributed by atoms with E-state index in [4.69, 9.17) is 9.47 Å². The first kappa shape index (κ1) is 18.3. The van der Waals surface area contributed by atoms with Crippen molar-refractivity contribution < 1.29 is 23.9 Å². The number of hydrogen-bond donors (Lipinski definition) is 0. The third-order valence-electron chi connectivity index (χ3n) is 3.57. The number of rotatable bonds is 4. The average molecular weight is 399 g/mol. The lowest BCUT2D eigenvalue weighted by Gasteiger charge is -2.33. The lowest BCUT2D eigenvalue weighted by atomic mass is 10.2. The van der Waals surface area contributed by atoms with Gasteiger partial charge in [-0.2, -0.15) is 0 Å². The number of halogens is 1. The Labute approximate surface area is 148 Å². The number of esters is 1. The van der Waals surface area contributed by atoms with Gasteiger partial charge in [-0.15, -0.1) is 0 Å². The number of hydrogen-bond acceptors (Lipinski definition) is 5. The Morgan fingerprint density at radius 3 is 2.17 bits per heavy atom. The first-order valence-corrected chi connectivity index (χ1v) is 8.42. The minimum absolute atomic E-state index is 0.274. The van der Waals surface area contributed by atoms with E-state index in [1.807, 2.05) is 0 Å². The van der Waals surface area contributed by atoms with Crippen LogP contribution in [0.25, 0.3) is 0 Å². The molecular weight excluding hydrogens is 380 g/mol. The van der Waals surface area contributed by atoms with Crippen LogP contribution in [0.1, 0.15) is 17.3 Å². The SMILES string of the molecule is CCOC(=O)N1CCN(C(=O)COC(=O)c2ccc(Br)cc2)CC1. The summed E-state index contributed by atoms with van der Waals surface area (Å²) >= 11 is 3.28. The van der Waals surface area contributed by atoms with E-state index in [2.05, 4.69) is 15.9 Å². The van der Waals surface area contributed by atoms with Gasteiger partial charge in [-0.05, 0) is 31.2 Å². The molecule has 1 aromatic rings. The minimum Gasteiger partial charge on any atom is -0.452 e. The van der Waals surface area contributed by atoms with Crippen LogP contribution >= 0.6 is 15.9 Å². The summed E-state index contributed by atoms with van der Waals surface area (Å²) in [7, 11) is 0. The summed E-state index contributed by atoms with van der Waals surface area (Å²) in [5, 5.41) is 0. The van der Waals surface area contributed by atoms with Crippen molar-refractivity contribution in [3.8, 4) is 0 Å². The molecule has 1 aliphatic heterocycles. The Bertz CT molecular complexity index is 597. The molecule has 1 heterocycles. The van der Waals surface area contributed by atoms with Crippen molar-refractivity contribution in [3.05, 3.63) is 34.3 Å². The summed E-state index contributed by atoms with van der Waals surface area (Å²) in [6, 6.07) is 6.70. The van der Waals surface area contributed by atoms with E-state index in [1.165, 1.54) is 0 Å². The normalized spacial score (nSPS) is 14.2. The number of piperazine rings is 1. The topological polar surface area (TPSA) is 76.2 Å². The molecule has 0 saturated carbocycles. The average Bonchev–Trinajstić information content (AvgIpc) is 2.60. The van der Waals surface area contributed by atoms with E-state index in [0.29, 0.717) is 38.3 Å². The number of amides is 2. The van der Waals surface area contributed by atoms with E-state index in [1.54, 1.807) is 41.0 Å². The molecule has 0 unspecified atom stereocenters. The maximum Gasteiger partial charge on any atom is 0.409 e. The van der Waals surface area contributed by atoms with Crippen LogP contribution in [-0.4, -0.2) is 67.2 Å². The van der Waals surface area contributed by atoms with Crippen LogP contribution in [0.15, 0.2) is 28.7 Å². The van der Waals surface area contributed by atoms with Crippen LogP contribution in [0.5, 0.6) is 0 Å². The zero-order valence-corrected chi connectivity index (χ0v) is 15.0. The predicted molar refractivity (Wildman–Crippen MR) is 89.6 cm³/mol. The molecular formula is C16H19BrN2O5. The van der Waals surface area contributed by atoms with Gasteiger partial charge >= 0.3 is 12.1 Å². The van der Waals surface area contributed by atoms with Crippen LogP contribution < -0.4 is 0 Å². The van der Waals surface area contributed by atoms with Crippen LogP contribution in [0.4, 0.5) is 4.79 Å². The van der Waals surface area contributed by atoms with Crippen LogP contribution in [0, 0.1) is 0 Å². The molecule has 1 aromatic carbocycles. The highest BCUT2D eigenvalue weighted by Crippen LogP contribution is 2.11. The van der Waals surface area contributed by atoms with Gasteiger partial charge in [0.1, 0.15) is 0 Å². The lowest BCUT2D eigenvalue weighted by Crippen LogP contribution is -2.51. The first-order chi connectivity index (χ1) is 11.5. The second-order valence-corrected chi connectivity index (χ2v) is 6.07. The fourth-order valence-corrected chi connectivity index (χ4v) is 2.51. The fraction of sp³-hybridized carbons (Fsp3) is 0.438. The van der Waals surface area contributed by atoms with Gasteiger partial charge in [0.15, 0.2) is 6.61 Å². The zero-order valence-electron chi connectivity index (χ0n) is 13.4. The van der Waals surface area contributed by atoms with Crippen molar-refractivity contribution in [3.63, 3.8) is 0 Å². The number of carbonyl (C=O) groups excluding carboxylic acids is 3. The Hall–Kier alpha value is -2.09. The van der Waals surface area contributed by atoms with Gasteiger partial charge < -0.3 is 19.3 Å². The molecule has 1 fully saturated rings. The maximum atomic E-state index is 12.1. The Morgan fingerprint density at radius 1 is 1.00 bits per heavy atom. The first-order valence-electron chi connectivity index (χ1n) is 7.63. The molecule has 0 aliphatic carbocycles. The largest absolute Gasteiger partial charge is 0.452 e. The van der Waals surface area contributed by atoms with Crippen molar-refractivity contribution in [2.45, 2.75) is 6.92 Å². The molecule has 8 heteroatoms. The zero-order chi connectivity index (χ0) is 17.5. The van der Waals surface area contributed by atoms with Gasteiger partial charge in [-0.3, -0.25) is 4.79 Å². The molecule has 7 nitrogen and oxygen atoms in total. The molecule has 2 rings (SSSR count). The van der Waals surface area contributed by atoms with Gasteiger partial charge in [-0.1, -0.05) is 15.9 Å². The lowest BCUT2D eigenvalue weighted by molar-refractivity contribution is -0.136. The van der Waals surface area contributed by atoms with Crippen molar-refractivity contribution in [1.29, 1.82) is 0 Å². The summed E-state index contributed by atoms with van der Waals surface area (Å²) in [6.45, 7) is 3.37. The number of benzene rings is 1. The maximum absolute atomic E-state index is 12.1.